The molecule has 0 fully saturated rings. The van der Waals surface area contributed by atoms with Crippen LogP contribution >= 0.6 is 0 Å². The fourth-order valence-corrected chi connectivity index (χ4v) is 5.37. The zero-order chi connectivity index (χ0) is 18.7. The van der Waals surface area contributed by atoms with Crippen molar-refractivity contribution >= 4 is 26.6 Å². The standard InChI is InChI=1S/C20H19FNO2S2/c1-15-8-11-18(12-9-15)25(17-6-4-3-5-7-17)20-13-10-16(21)14-19(20)22-26(2,23)24/h3-14,22H,1-2H3/q+1. The van der Waals surface area contributed by atoms with Gasteiger partial charge in [-0.15, -0.1) is 0 Å². The number of benzene rings is 3. The van der Waals surface area contributed by atoms with E-state index >= 15 is 0 Å². The first-order valence-corrected chi connectivity index (χ1v) is 11.1. The fraction of sp³-hybridized carbons (Fsp3) is 0.100. The van der Waals surface area contributed by atoms with Crippen LogP contribution in [0.1, 0.15) is 5.56 Å². The van der Waals surface area contributed by atoms with Crippen molar-refractivity contribution in [2.24, 2.45) is 0 Å². The number of nitrogens with one attached hydrogen (secondary N) is 1. The van der Waals surface area contributed by atoms with Crippen molar-refractivity contribution in [1.82, 2.24) is 0 Å². The Balaban J connectivity index is 2.21. The molecule has 0 aromatic heterocycles. The average Bonchev–Trinajstić information content (AvgIpc) is 2.58. The molecule has 0 aliphatic carbocycles. The lowest BCUT2D eigenvalue weighted by Gasteiger charge is -2.13. The van der Waals surface area contributed by atoms with Crippen molar-refractivity contribution < 1.29 is 12.8 Å². The molecule has 0 bridgehead atoms. The Labute approximate surface area is 156 Å². The van der Waals surface area contributed by atoms with Gasteiger partial charge in [0, 0.05) is 6.07 Å². The highest BCUT2D eigenvalue weighted by Crippen LogP contribution is 2.36. The largest absolute Gasteiger partial charge is 0.279 e. The maximum absolute atomic E-state index is 13.8. The first-order valence-electron chi connectivity index (χ1n) is 7.97. The van der Waals surface area contributed by atoms with Crippen LogP contribution in [-0.2, 0) is 20.9 Å². The molecule has 3 aromatic carbocycles. The predicted molar refractivity (Wildman–Crippen MR) is 105 cm³/mol. The van der Waals surface area contributed by atoms with Gasteiger partial charge in [0.15, 0.2) is 14.7 Å². The monoisotopic (exact) mass is 388 g/mol. The van der Waals surface area contributed by atoms with Gasteiger partial charge in [-0.1, -0.05) is 35.9 Å². The highest BCUT2D eigenvalue weighted by molar-refractivity contribution is 7.97. The number of hydrogen-bond acceptors (Lipinski definition) is 2. The summed E-state index contributed by atoms with van der Waals surface area (Å²) in [5.41, 5.74) is 1.40. The molecule has 0 saturated carbocycles. The van der Waals surface area contributed by atoms with E-state index in [2.05, 4.69) is 4.72 Å². The van der Waals surface area contributed by atoms with Gasteiger partial charge in [0.05, 0.1) is 6.26 Å². The summed E-state index contributed by atoms with van der Waals surface area (Å²) in [5, 5.41) is 0. The van der Waals surface area contributed by atoms with Crippen LogP contribution in [0.15, 0.2) is 87.5 Å². The smallest absolute Gasteiger partial charge is 0.229 e. The first kappa shape index (κ1) is 18.5. The van der Waals surface area contributed by atoms with Gasteiger partial charge in [-0.2, -0.15) is 0 Å². The first-order chi connectivity index (χ1) is 12.3. The Morgan fingerprint density at radius 1 is 0.885 bits per heavy atom. The van der Waals surface area contributed by atoms with Crippen LogP contribution < -0.4 is 4.72 Å². The van der Waals surface area contributed by atoms with Crippen molar-refractivity contribution in [2.45, 2.75) is 21.6 Å². The molecule has 1 N–H and O–H groups in total. The van der Waals surface area contributed by atoms with Gasteiger partial charge in [-0.3, -0.25) is 4.72 Å². The number of halogens is 1. The van der Waals surface area contributed by atoms with E-state index in [1.54, 1.807) is 6.07 Å². The molecule has 1 atom stereocenters. The Bertz CT molecular complexity index is 1000. The molecule has 0 aliphatic rings. The normalized spacial score (nSPS) is 12.6. The van der Waals surface area contributed by atoms with Crippen molar-refractivity contribution in [3.05, 3.63) is 84.2 Å². The summed E-state index contributed by atoms with van der Waals surface area (Å²) in [6.07, 6.45) is 1.06. The topological polar surface area (TPSA) is 46.2 Å². The molecule has 0 spiro atoms. The molecule has 3 rings (SSSR count). The third-order valence-electron chi connectivity index (χ3n) is 3.69. The number of aryl methyl sites for hydroxylation is 1. The van der Waals surface area contributed by atoms with E-state index < -0.39 is 26.7 Å². The van der Waals surface area contributed by atoms with Crippen LogP contribution in [0, 0.1) is 12.7 Å². The highest BCUT2D eigenvalue weighted by atomic mass is 32.2. The average molecular weight is 389 g/mol. The summed E-state index contributed by atoms with van der Waals surface area (Å²) in [5.74, 6) is -0.486. The van der Waals surface area contributed by atoms with Crippen LogP contribution in [0.25, 0.3) is 0 Å². The predicted octanol–water partition coefficient (Wildman–Crippen LogP) is 4.60. The number of rotatable bonds is 5. The van der Waals surface area contributed by atoms with Crippen molar-refractivity contribution in [2.75, 3.05) is 11.0 Å². The summed E-state index contributed by atoms with van der Waals surface area (Å²) in [4.78, 5) is 2.79. The Morgan fingerprint density at radius 2 is 1.50 bits per heavy atom. The summed E-state index contributed by atoms with van der Waals surface area (Å²) >= 11 is 0. The zero-order valence-corrected chi connectivity index (χ0v) is 16.1. The molecule has 0 amide bonds. The molecule has 0 aliphatic heterocycles. The molecule has 0 radical (unpaired) electrons. The van der Waals surface area contributed by atoms with Gasteiger partial charge in [-0.25, -0.2) is 12.8 Å². The SMILES string of the molecule is Cc1ccc([S+](c2ccccc2)c2ccc(F)cc2NS(C)(=O)=O)cc1. The van der Waals surface area contributed by atoms with Crippen molar-refractivity contribution in [3.63, 3.8) is 0 Å². The van der Waals surface area contributed by atoms with Gasteiger partial charge in [0.25, 0.3) is 0 Å². The molecule has 3 aromatic rings. The number of hydrogen-bond donors (Lipinski definition) is 1. The van der Waals surface area contributed by atoms with Crippen molar-refractivity contribution in [3.8, 4) is 0 Å². The Morgan fingerprint density at radius 3 is 2.12 bits per heavy atom. The van der Waals surface area contributed by atoms with Gasteiger partial charge in [0.2, 0.25) is 10.0 Å². The molecule has 1 unspecified atom stereocenters. The third-order valence-corrected chi connectivity index (χ3v) is 6.57. The lowest BCUT2D eigenvalue weighted by atomic mass is 10.2. The minimum Gasteiger partial charge on any atom is -0.279 e. The molecular weight excluding hydrogens is 369 g/mol. The fourth-order valence-electron chi connectivity index (χ4n) is 2.58. The zero-order valence-electron chi connectivity index (χ0n) is 14.4. The summed E-state index contributed by atoms with van der Waals surface area (Å²) in [7, 11) is -4.10. The highest BCUT2D eigenvalue weighted by Gasteiger charge is 2.32. The maximum atomic E-state index is 13.8. The molecule has 6 heteroatoms. The van der Waals surface area contributed by atoms with E-state index in [-0.39, 0.29) is 5.69 Å². The van der Waals surface area contributed by atoms with Crippen LogP contribution in [0.2, 0.25) is 0 Å². The summed E-state index contributed by atoms with van der Waals surface area (Å²) in [6.45, 7) is 2.01. The second-order valence-electron chi connectivity index (χ2n) is 5.95. The molecule has 26 heavy (non-hydrogen) atoms. The molecule has 0 saturated heterocycles. The van der Waals surface area contributed by atoms with Crippen molar-refractivity contribution in [1.29, 1.82) is 0 Å². The lowest BCUT2D eigenvalue weighted by Crippen LogP contribution is -2.14. The van der Waals surface area contributed by atoms with E-state index in [9.17, 15) is 12.8 Å². The van der Waals surface area contributed by atoms with Gasteiger partial charge in [0.1, 0.15) is 22.4 Å². The molecule has 3 nitrogen and oxygen atoms in total. The van der Waals surface area contributed by atoms with Crippen LogP contribution in [-0.4, -0.2) is 14.7 Å². The quantitative estimate of drug-likeness (QED) is 0.649. The van der Waals surface area contributed by atoms with E-state index in [1.165, 1.54) is 12.1 Å². The summed E-state index contributed by atoms with van der Waals surface area (Å²) in [6, 6.07) is 22.1. The van der Waals surface area contributed by atoms with Gasteiger partial charge >= 0.3 is 0 Å². The minimum absolute atomic E-state index is 0.264. The second-order valence-corrected chi connectivity index (χ2v) is 9.69. The number of anilines is 1. The Kier molecular flexibility index (Phi) is 5.34. The molecular formula is C20H19FNO2S2+. The van der Waals surface area contributed by atoms with E-state index in [0.717, 1.165) is 26.5 Å². The minimum atomic E-state index is -3.53. The lowest BCUT2D eigenvalue weighted by molar-refractivity contribution is 0.606. The Hall–Kier alpha value is -2.31. The van der Waals surface area contributed by atoms with Gasteiger partial charge in [-0.05, 0) is 43.3 Å². The van der Waals surface area contributed by atoms with Crippen LogP contribution in [0.5, 0.6) is 0 Å². The van der Waals surface area contributed by atoms with E-state index in [0.29, 0.717) is 0 Å². The van der Waals surface area contributed by atoms with E-state index in [1.807, 2.05) is 61.5 Å². The molecule has 134 valence electrons. The second kappa shape index (κ2) is 7.51. The summed E-state index contributed by atoms with van der Waals surface area (Å²) < 4.78 is 39.8. The third kappa shape index (κ3) is 4.45. The van der Waals surface area contributed by atoms with Crippen LogP contribution in [0.4, 0.5) is 10.1 Å². The number of sulfonamides is 1. The van der Waals surface area contributed by atoms with Crippen LogP contribution in [0.3, 0.4) is 0 Å². The maximum Gasteiger partial charge on any atom is 0.229 e. The molecule has 0 heterocycles. The van der Waals surface area contributed by atoms with E-state index in [4.69, 9.17) is 0 Å². The van der Waals surface area contributed by atoms with Gasteiger partial charge < -0.3 is 0 Å².